The number of aliphatic hydroxyl groups excluding tert-OH is 1. The van der Waals surface area contributed by atoms with E-state index in [2.05, 4.69) is 9.97 Å². The summed E-state index contributed by atoms with van der Waals surface area (Å²) in [6.45, 7) is 0.302. The highest BCUT2D eigenvalue weighted by Gasteiger charge is 2.40. The standard InChI is InChI=1S/C8H10N2O3/c11-3-6-1-2-9-7(10-6)8(12)4-13-5-8/h1-2,11-12H,3-5H2. The topological polar surface area (TPSA) is 75.5 Å². The maximum absolute atomic E-state index is 9.77. The summed E-state index contributed by atoms with van der Waals surface area (Å²) < 4.78 is 4.87. The summed E-state index contributed by atoms with van der Waals surface area (Å²) in [5.41, 5.74) is -0.545. The quantitative estimate of drug-likeness (QED) is 0.625. The molecule has 1 fully saturated rings. The molecule has 0 amide bonds. The van der Waals surface area contributed by atoms with Gasteiger partial charge in [0, 0.05) is 6.20 Å². The number of rotatable bonds is 2. The Hall–Kier alpha value is -1.04. The van der Waals surface area contributed by atoms with Crippen molar-refractivity contribution in [1.29, 1.82) is 0 Å². The average molecular weight is 182 g/mol. The molecule has 0 spiro atoms. The lowest BCUT2D eigenvalue weighted by atomic mass is 10.0. The van der Waals surface area contributed by atoms with Crippen LogP contribution < -0.4 is 0 Å². The molecule has 1 aliphatic heterocycles. The summed E-state index contributed by atoms with van der Waals surface area (Å²) in [4.78, 5) is 7.92. The lowest BCUT2D eigenvalue weighted by Crippen LogP contribution is -2.47. The molecule has 2 rings (SSSR count). The Kier molecular flexibility index (Phi) is 1.99. The molecule has 1 saturated heterocycles. The zero-order chi connectivity index (χ0) is 9.31. The highest BCUT2D eigenvalue weighted by Crippen LogP contribution is 2.25. The minimum atomic E-state index is -1.05. The van der Waals surface area contributed by atoms with Gasteiger partial charge < -0.3 is 14.9 Å². The van der Waals surface area contributed by atoms with E-state index in [4.69, 9.17) is 9.84 Å². The maximum Gasteiger partial charge on any atom is 0.170 e. The second kappa shape index (κ2) is 3.02. The van der Waals surface area contributed by atoms with Gasteiger partial charge in [-0.2, -0.15) is 0 Å². The van der Waals surface area contributed by atoms with E-state index in [1.54, 1.807) is 6.07 Å². The Balaban J connectivity index is 2.29. The van der Waals surface area contributed by atoms with E-state index in [9.17, 15) is 5.11 Å². The van der Waals surface area contributed by atoms with Gasteiger partial charge in [0.15, 0.2) is 11.4 Å². The molecule has 0 unspecified atom stereocenters. The molecule has 2 N–H and O–H groups in total. The van der Waals surface area contributed by atoms with Crippen LogP contribution in [0, 0.1) is 0 Å². The molecule has 2 heterocycles. The van der Waals surface area contributed by atoms with Gasteiger partial charge in [-0.1, -0.05) is 0 Å². The summed E-state index contributed by atoms with van der Waals surface area (Å²) >= 11 is 0. The Morgan fingerprint density at radius 3 is 2.85 bits per heavy atom. The van der Waals surface area contributed by atoms with E-state index in [-0.39, 0.29) is 19.8 Å². The van der Waals surface area contributed by atoms with Crippen LogP contribution in [0.15, 0.2) is 12.3 Å². The molecular weight excluding hydrogens is 172 g/mol. The SMILES string of the molecule is OCc1ccnc(C2(O)COC2)n1. The van der Waals surface area contributed by atoms with Crippen molar-refractivity contribution in [3.8, 4) is 0 Å². The van der Waals surface area contributed by atoms with Crippen LogP contribution in [0.3, 0.4) is 0 Å². The molecule has 0 aromatic carbocycles. The van der Waals surface area contributed by atoms with Crippen molar-refractivity contribution >= 4 is 0 Å². The molecule has 0 atom stereocenters. The van der Waals surface area contributed by atoms with Crippen molar-refractivity contribution in [2.75, 3.05) is 13.2 Å². The molecule has 70 valence electrons. The number of aromatic nitrogens is 2. The van der Waals surface area contributed by atoms with Gasteiger partial charge in [0.2, 0.25) is 0 Å². The fourth-order valence-electron chi connectivity index (χ4n) is 1.13. The predicted octanol–water partition coefficient (Wildman–Crippen LogP) is -0.813. The Bertz CT molecular complexity index is 312. The van der Waals surface area contributed by atoms with Crippen molar-refractivity contribution in [2.24, 2.45) is 0 Å². The van der Waals surface area contributed by atoms with E-state index in [1.807, 2.05) is 0 Å². The highest BCUT2D eigenvalue weighted by molar-refractivity contribution is 5.10. The number of aliphatic hydroxyl groups is 2. The average Bonchev–Trinajstić information content (AvgIpc) is 2.14. The van der Waals surface area contributed by atoms with Gasteiger partial charge in [-0.15, -0.1) is 0 Å². The second-order valence-corrected chi connectivity index (χ2v) is 3.05. The summed E-state index contributed by atoms with van der Waals surface area (Å²) in [6.07, 6.45) is 1.52. The Morgan fingerprint density at radius 2 is 2.31 bits per heavy atom. The first-order valence-electron chi connectivity index (χ1n) is 3.98. The van der Waals surface area contributed by atoms with Crippen LogP contribution in [0.5, 0.6) is 0 Å². The fraction of sp³-hybridized carbons (Fsp3) is 0.500. The van der Waals surface area contributed by atoms with E-state index >= 15 is 0 Å². The zero-order valence-electron chi connectivity index (χ0n) is 6.97. The number of hydrogen-bond acceptors (Lipinski definition) is 5. The molecule has 0 aliphatic carbocycles. The molecule has 5 heteroatoms. The summed E-state index contributed by atoms with van der Waals surface area (Å²) in [5.74, 6) is 0.324. The second-order valence-electron chi connectivity index (χ2n) is 3.05. The predicted molar refractivity (Wildman–Crippen MR) is 42.7 cm³/mol. The van der Waals surface area contributed by atoms with Gasteiger partial charge in [0.1, 0.15) is 0 Å². The first kappa shape index (κ1) is 8.55. The van der Waals surface area contributed by atoms with Crippen LogP contribution in [0.25, 0.3) is 0 Å². The number of nitrogens with zero attached hydrogens (tertiary/aromatic N) is 2. The van der Waals surface area contributed by atoms with Crippen LogP contribution in [-0.4, -0.2) is 33.4 Å². The maximum atomic E-state index is 9.77. The largest absolute Gasteiger partial charge is 0.390 e. The van der Waals surface area contributed by atoms with Gasteiger partial charge in [-0.25, -0.2) is 9.97 Å². The van der Waals surface area contributed by atoms with Crippen LogP contribution in [0.2, 0.25) is 0 Å². The van der Waals surface area contributed by atoms with Crippen molar-refractivity contribution in [3.63, 3.8) is 0 Å². The zero-order valence-corrected chi connectivity index (χ0v) is 6.97. The first-order valence-corrected chi connectivity index (χ1v) is 3.98. The van der Waals surface area contributed by atoms with E-state index in [1.165, 1.54) is 6.20 Å². The molecular formula is C8H10N2O3. The molecule has 0 bridgehead atoms. The van der Waals surface area contributed by atoms with E-state index < -0.39 is 5.60 Å². The Morgan fingerprint density at radius 1 is 1.54 bits per heavy atom. The molecule has 0 saturated carbocycles. The highest BCUT2D eigenvalue weighted by atomic mass is 16.5. The number of hydrogen-bond donors (Lipinski definition) is 2. The molecule has 5 nitrogen and oxygen atoms in total. The summed E-state index contributed by atoms with van der Waals surface area (Å²) in [5, 5.41) is 18.6. The third kappa shape index (κ3) is 1.41. The lowest BCUT2D eigenvalue weighted by Gasteiger charge is -2.34. The first-order chi connectivity index (χ1) is 6.24. The normalized spacial score (nSPS) is 19.5. The fourth-order valence-corrected chi connectivity index (χ4v) is 1.13. The molecule has 0 radical (unpaired) electrons. The van der Waals surface area contributed by atoms with Crippen molar-refractivity contribution in [3.05, 3.63) is 23.8 Å². The molecule has 1 aromatic heterocycles. The Labute approximate surface area is 75.0 Å². The van der Waals surface area contributed by atoms with Crippen molar-refractivity contribution in [1.82, 2.24) is 9.97 Å². The van der Waals surface area contributed by atoms with Gasteiger partial charge in [0.05, 0.1) is 25.5 Å². The van der Waals surface area contributed by atoms with Gasteiger partial charge in [-0.3, -0.25) is 0 Å². The summed E-state index contributed by atoms with van der Waals surface area (Å²) in [6, 6.07) is 1.60. The lowest BCUT2D eigenvalue weighted by molar-refractivity contribution is -0.189. The van der Waals surface area contributed by atoms with Crippen LogP contribution >= 0.6 is 0 Å². The van der Waals surface area contributed by atoms with Crippen LogP contribution in [0.4, 0.5) is 0 Å². The third-order valence-electron chi connectivity index (χ3n) is 1.97. The van der Waals surface area contributed by atoms with Crippen molar-refractivity contribution in [2.45, 2.75) is 12.2 Å². The molecule has 1 aliphatic rings. The third-order valence-corrected chi connectivity index (χ3v) is 1.97. The van der Waals surface area contributed by atoms with Gasteiger partial charge in [-0.05, 0) is 6.07 Å². The van der Waals surface area contributed by atoms with Crippen LogP contribution in [-0.2, 0) is 16.9 Å². The van der Waals surface area contributed by atoms with Crippen molar-refractivity contribution < 1.29 is 14.9 Å². The molecule has 13 heavy (non-hydrogen) atoms. The minimum Gasteiger partial charge on any atom is -0.390 e. The summed E-state index contributed by atoms with van der Waals surface area (Å²) in [7, 11) is 0. The monoisotopic (exact) mass is 182 g/mol. The number of ether oxygens (including phenoxy) is 1. The smallest absolute Gasteiger partial charge is 0.170 e. The van der Waals surface area contributed by atoms with E-state index in [0.29, 0.717) is 11.5 Å². The molecule has 1 aromatic rings. The van der Waals surface area contributed by atoms with Crippen LogP contribution in [0.1, 0.15) is 11.5 Å². The van der Waals surface area contributed by atoms with Gasteiger partial charge >= 0.3 is 0 Å². The van der Waals surface area contributed by atoms with E-state index in [0.717, 1.165) is 0 Å². The minimum absolute atomic E-state index is 0.146. The van der Waals surface area contributed by atoms with Gasteiger partial charge in [0.25, 0.3) is 0 Å².